The molecule has 0 aliphatic carbocycles. The number of benzene rings is 3. The number of nitrogens with zero attached hydrogens (tertiary/aromatic N) is 2. The predicted molar refractivity (Wildman–Crippen MR) is 115 cm³/mol. The van der Waals surface area contributed by atoms with Crippen molar-refractivity contribution in [3.8, 4) is 5.75 Å². The first-order chi connectivity index (χ1) is 13.7. The Hall–Kier alpha value is -3.07. The maximum atomic E-state index is 6.18. The molecule has 0 aliphatic rings. The van der Waals surface area contributed by atoms with Crippen LogP contribution < -0.4 is 4.74 Å². The van der Waals surface area contributed by atoms with Crippen molar-refractivity contribution in [1.82, 2.24) is 9.55 Å². The van der Waals surface area contributed by atoms with Gasteiger partial charge in [-0.05, 0) is 35.2 Å². The van der Waals surface area contributed by atoms with Crippen LogP contribution in [0.4, 0.5) is 0 Å². The minimum absolute atomic E-state index is 0.443. The molecule has 0 saturated carbocycles. The highest BCUT2D eigenvalue weighted by atomic mass is 16.5. The van der Waals surface area contributed by atoms with Gasteiger partial charge in [0.2, 0.25) is 0 Å². The number of hydrogen-bond acceptors (Lipinski definition) is 2. The van der Waals surface area contributed by atoms with Gasteiger partial charge >= 0.3 is 0 Å². The Bertz CT molecular complexity index is 1050. The van der Waals surface area contributed by atoms with Crippen LogP contribution in [0.5, 0.6) is 5.75 Å². The standard InChI is InChI=1S/C25H26N2O/c1-19(2)21-12-6-9-15-24(21)28-17-16-27-23-14-8-7-13-22(23)26-25(27)18-20-10-4-3-5-11-20/h3-15,19H,16-18H2,1-2H3. The van der Waals surface area contributed by atoms with E-state index in [4.69, 9.17) is 9.72 Å². The summed E-state index contributed by atoms with van der Waals surface area (Å²) >= 11 is 0. The molecular weight excluding hydrogens is 344 g/mol. The third-order valence-corrected chi connectivity index (χ3v) is 5.05. The zero-order valence-corrected chi connectivity index (χ0v) is 16.5. The Balaban J connectivity index is 1.57. The summed E-state index contributed by atoms with van der Waals surface area (Å²) in [5.41, 5.74) is 4.72. The SMILES string of the molecule is CC(C)c1ccccc1OCCn1c(Cc2ccccc2)nc2ccccc21. The van der Waals surface area contributed by atoms with E-state index in [0.29, 0.717) is 12.5 Å². The first kappa shape index (κ1) is 18.3. The Labute approximate surface area is 166 Å². The van der Waals surface area contributed by atoms with Gasteiger partial charge in [-0.25, -0.2) is 4.98 Å². The average Bonchev–Trinajstić information content (AvgIpc) is 3.06. The second-order valence-electron chi connectivity index (χ2n) is 7.37. The number of imidazole rings is 1. The van der Waals surface area contributed by atoms with Gasteiger partial charge < -0.3 is 9.30 Å². The van der Waals surface area contributed by atoms with Crippen molar-refractivity contribution in [2.24, 2.45) is 0 Å². The fraction of sp³-hybridized carbons (Fsp3) is 0.240. The lowest BCUT2D eigenvalue weighted by molar-refractivity contribution is 0.294. The molecule has 0 fully saturated rings. The molecule has 3 nitrogen and oxygen atoms in total. The molecule has 3 aromatic carbocycles. The van der Waals surface area contributed by atoms with Gasteiger partial charge in [0.1, 0.15) is 18.2 Å². The van der Waals surface area contributed by atoms with Crippen LogP contribution in [0.3, 0.4) is 0 Å². The van der Waals surface area contributed by atoms with Gasteiger partial charge in [-0.1, -0.05) is 74.5 Å². The summed E-state index contributed by atoms with van der Waals surface area (Å²) in [7, 11) is 0. The molecule has 4 aromatic rings. The van der Waals surface area contributed by atoms with Crippen LogP contribution in [0.15, 0.2) is 78.9 Å². The summed E-state index contributed by atoms with van der Waals surface area (Å²) in [6.07, 6.45) is 0.818. The zero-order chi connectivity index (χ0) is 19.3. The summed E-state index contributed by atoms with van der Waals surface area (Å²) in [5.74, 6) is 2.50. The van der Waals surface area contributed by atoms with E-state index in [0.717, 1.165) is 35.6 Å². The number of fused-ring (bicyclic) bond motifs is 1. The number of hydrogen-bond donors (Lipinski definition) is 0. The number of rotatable bonds is 7. The Morgan fingerprint density at radius 2 is 1.57 bits per heavy atom. The molecule has 0 unspecified atom stereocenters. The van der Waals surface area contributed by atoms with Gasteiger partial charge in [-0.3, -0.25) is 0 Å². The maximum Gasteiger partial charge on any atom is 0.122 e. The highest BCUT2D eigenvalue weighted by Crippen LogP contribution is 2.26. The predicted octanol–water partition coefficient (Wildman–Crippen LogP) is 5.83. The summed E-state index contributed by atoms with van der Waals surface area (Å²) in [6, 6.07) is 27.2. The van der Waals surface area contributed by atoms with Crippen molar-refractivity contribution >= 4 is 11.0 Å². The van der Waals surface area contributed by atoms with Crippen LogP contribution >= 0.6 is 0 Å². The van der Waals surface area contributed by atoms with Gasteiger partial charge in [0.25, 0.3) is 0 Å². The van der Waals surface area contributed by atoms with E-state index in [1.54, 1.807) is 0 Å². The summed E-state index contributed by atoms with van der Waals surface area (Å²) < 4.78 is 8.47. The fourth-order valence-electron chi connectivity index (χ4n) is 3.62. The van der Waals surface area contributed by atoms with E-state index in [-0.39, 0.29) is 0 Å². The van der Waals surface area contributed by atoms with Crippen molar-refractivity contribution in [3.63, 3.8) is 0 Å². The molecule has 0 N–H and O–H groups in total. The monoisotopic (exact) mass is 370 g/mol. The van der Waals surface area contributed by atoms with Gasteiger partial charge in [0.15, 0.2) is 0 Å². The van der Waals surface area contributed by atoms with Crippen LogP contribution in [0, 0.1) is 0 Å². The maximum absolute atomic E-state index is 6.18. The third kappa shape index (κ3) is 3.94. The molecule has 0 atom stereocenters. The quantitative estimate of drug-likeness (QED) is 0.409. The highest BCUT2D eigenvalue weighted by Gasteiger charge is 2.12. The zero-order valence-electron chi connectivity index (χ0n) is 16.5. The third-order valence-electron chi connectivity index (χ3n) is 5.05. The van der Waals surface area contributed by atoms with E-state index in [9.17, 15) is 0 Å². The molecule has 1 heterocycles. The fourth-order valence-corrected chi connectivity index (χ4v) is 3.62. The lowest BCUT2D eigenvalue weighted by Gasteiger charge is -2.15. The van der Waals surface area contributed by atoms with Crippen LogP contribution in [0.25, 0.3) is 11.0 Å². The molecular formula is C25H26N2O. The molecule has 0 radical (unpaired) electrons. The van der Waals surface area contributed by atoms with Crippen molar-refractivity contribution < 1.29 is 4.74 Å². The van der Waals surface area contributed by atoms with Crippen molar-refractivity contribution in [3.05, 3.63) is 95.8 Å². The molecule has 0 aliphatic heterocycles. The van der Waals surface area contributed by atoms with Gasteiger partial charge in [0, 0.05) is 6.42 Å². The van der Waals surface area contributed by atoms with Crippen LogP contribution in [0.1, 0.15) is 36.7 Å². The molecule has 0 amide bonds. The first-order valence-electron chi connectivity index (χ1n) is 9.92. The van der Waals surface area contributed by atoms with E-state index in [1.807, 2.05) is 18.2 Å². The van der Waals surface area contributed by atoms with E-state index in [2.05, 4.69) is 79.1 Å². The lowest BCUT2D eigenvalue weighted by atomic mass is 10.0. The largest absolute Gasteiger partial charge is 0.491 e. The van der Waals surface area contributed by atoms with E-state index >= 15 is 0 Å². The number of aromatic nitrogens is 2. The molecule has 1 aromatic heterocycles. The minimum Gasteiger partial charge on any atom is -0.491 e. The summed E-state index contributed by atoms with van der Waals surface area (Å²) in [5, 5.41) is 0. The smallest absolute Gasteiger partial charge is 0.122 e. The van der Waals surface area contributed by atoms with Gasteiger partial charge in [0.05, 0.1) is 17.6 Å². The number of ether oxygens (including phenoxy) is 1. The van der Waals surface area contributed by atoms with Crippen molar-refractivity contribution in [1.29, 1.82) is 0 Å². The van der Waals surface area contributed by atoms with E-state index < -0.39 is 0 Å². The second-order valence-corrected chi connectivity index (χ2v) is 7.37. The van der Waals surface area contributed by atoms with Crippen LogP contribution in [-0.2, 0) is 13.0 Å². The minimum atomic E-state index is 0.443. The molecule has 0 saturated heterocycles. The normalized spacial score (nSPS) is 11.2. The second kappa shape index (κ2) is 8.30. The molecule has 142 valence electrons. The lowest BCUT2D eigenvalue weighted by Crippen LogP contribution is -2.12. The van der Waals surface area contributed by atoms with Gasteiger partial charge in [-0.15, -0.1) is 0 Å². The molecule has 28 heavy (non-hydrogen) atoms. The van der Waals surface area contributed by atoms with Crippen LogP contribution in [-0.4, -0.2) is 16.2 Å². The Morgan fingerprint density at radius 3 is 2.39 bits per heavy atom. The summed E-state index contributed by atoms with van der Waals surface area (Å²) in [6.45, 7) is 5.79. The molecule has 3 heteroatoms. The molecule has 0 bridgehead atoms. The van der Waals surface area contributed by atoms with Crippen molar-refractivity contribution in [2.45, 2.75) is 32.7 Å². The Kier molecular flexibility index (Phi) is 5.43. The summed E-state index contributed by atoms with van der Waals surface area (Å²) in [4.78, 5) is 4.89. The highest BCUT2D eigenvalue weighted by molar-refractivity contribution is 5.76. The average molecular weight is 370 g/mol. The topological polar surface area (TPSA) is 27.1 Å². The van der Waals surface area contributed by atoms with Crippen molar-refractivity contribution in [2.75, 3.05) is 6.61 Å². The van der Waals surface area contributed by atoms with Crippen LogP contribution in [0.2, 0.25) is 0 Å². The van der Waals surface area contributed by atoms with Gasteiger partial charge in [-0.2, -0.15) is 0 Å². The molecule has 0 spiro atoms. The molecule has 4 rings (SSSR count). The number of para-hydroxylation sites is 3. The first-order valence-corrected chi connectivity index (χ1v) is 9.92. The van der Waals surface area contributed by atoms with E-state index in [1.165, 1.54) is 11.1 Å². The Morgan fingerprint density at radius 1 is 0.857 bits per heavy atom.